The highest BCUT2D eigenvalue weighted by molar-refractivity contribution is 6.30. The van der Waals surface area contributed by atoms with Gasteiger partial charge in [-0.2, -0.15) is 4.98 Å². The first-order chi connectivity index (χ1) is 14.6. The van der Waals surface area contributed by atoms with Crippen LogP contribution in [-0.2, 0) is 4.74 Å². The number of nitrogen functional groups attached to an aromatic ring is 1. The molecule has 2 N–H and O–H groups in total. The Labute approximate surface area is 176 Å². The molecule has 0 unspecified atom stereocenters. The summed E-state index contributed by atoms with van der Waals surface area (Å²) in [7, 11) is 0. The van der Waals surface area contributed by atoms with E-state index in [1.165, 1.54) is 6.07 Å². The zero-order valence-electron chi connectivity index (χ0n) is 15.9. The number of benzene rings is 2. The van der Waals surface area contributed by atoms with Crippen LogP contribution in [0.25, 0.3) is 28.0 Å². The van der Waals surface area contributed by atoms with Gasteiger partial charge in [0.2, 0.25) is 5.95 Å². The van der Waals surface area contributed by atoms with Crippen LogP contribution in [0.15, 0.2) is 48.5 Å². The van der Waals surface area contributed by atoms with Crippen LogP contribution < -0.4 is 10.6 Å². The highest BCUT2D eigenvalue weighted by atomic mass is 35.5. The summed E-state index contributed by atoms with van der Waals surface area (Å²) >= 11 is 6.01. The number of hydrogen-bond acceptors (Lipinski definition) is 6. The van der Waals surface area contributed by atoms with Crippen molar-refractivity contribution >= 4 is 34.4 Å². The van der Waals surface area contributed by atoms with Crippen molar-refractivity contribution in [3.05, 3.63) is 59.4 Å². The third kappa shape index (κ3) is 3.24. The maximum atomic E-state index is 14.7. The molecule has 1 fully saturated rings. The van der Waals surface area contributed by atoms with Crippen molar-refractivity contribution in [3.8, 4) is 16.9 Å². The van der Waals surface area contributed by atoms with Gasteiger partial charge in [0.1, 0.15) is 11.6 Å². The highest BCUT2D eigenvalue weighted by Crippen LogP contribution is 2.34. The Morgan fingerprint density at radius 2 is 1.73 bits per heavy atom. The summed E-state index contributed by atoms with van der Waals surface area (Å²) in [5.41, 5.74) is 8.34. The third-order valence-electron chi connectivity index (χ3n) is 5.05. The molecule has 1 aliphatic rings. The first kappa shape index (κ1) is 18.8. The number of ether oxygens (including phenoxy) is 1. The molecule has 2 aromatic heterocycles. The Balaban J connectivity index is 1.76. The minimum absolute atomic E-state index is 0.333. The second-order valence-corrected chi connectivity index (χ2v) is 7.36. The predicted molar refractivity (Wildman–Crippen MR) is 115 cm³/mol. The van der Waals surface area contributed by atoms with Gasteiger partial charge in [0.15, 0.2) is 5.65 Å². The summed E-state index contributed by atoms with van der Waals surface area (Å²) in [6.07, 6.45) is 0. The van der Waals surface area contributed by atoms with E-state index >= 15 is 0 Å². The summed E-state index contributed by atoms with van der Waals surface area (Å²) < 4.78 is 21.7. The van der Waals surface area contributed by atoms with Crippen molar-refractivity contribution in [1.82, 2.24) is 19.7 Å². The molecule has 152 valence electrons. The number of morpholine rings is 1. The minimum Gasteiger partial charge on any atom is -0.383 e. The van der Waals surface area contributed by atoms with Gasteiger partial charge in [0.25, 0.3) is 0 Å². The van der Waals surface area contributed by atoms with Gasteiger partial charge in [0, 0.05) is 23.7 Å². The average Bonchev–Trinajstić information content (AvgIpc) is 3.11. The molecule has 1 aliphatic heterocycles. The topological polar surface area (TPSA) is 82.1 Å². The molecule has 3 heterocycles. The van der Waals surface area contributed by atoms with E-state index in [1.54, 1.807) is 35.0 Å². The second-order valence-electron chi connectivity index (χ2n) is 6.92. The van der Waals surface area contributed by atoms with E-state index in [0.717, 1.165) is 5.69 Å². The lowest BCUT2D eigenvalue weighted by Crippen LogP contribution is -2.37. The standard InChI is InChI=1S/C21H18ClFN6O/c22-13-5-7-14(8-6-13)29-19(24)17-18(15-3-1-2-4-16(15)23)25-21(26-20(17)27-29)28-9-11-30-12-10-28/h1-8H,9-12,24H2. The molecule has 0 amide bonds. The van der Waals surface area contributed by atoms with Crippen molar-refractivity contribution in [2.75, 3.05) is 36.9 Å². The fraction of sp³-hybridized carbons (Fsp3) is 0.190. The molecule has 0 spiro atoms. The molecule has 5 rings (SSSR count). The Bertz CT molecular complexity index is 1220. The van der Waals surface area contributed by atoms with E-state index in [1.807, 2.05) is 17.0 Å². The smallest absolute Gasteiger partial charge is 0.228 e. The summed E-state index contributed by atoms with van der Waals surface area (Å²) in [6, 6.07) is 13.6. The van der Waals surface area contributed by atoms with Crippen LogP contribution in [0.1, 0.15) is 0 Å². The number of fused-ring (bicyclic) bond motifs is 1. The summed E-state index contributed by atoms with van der Waals surface area (Å²) in [4.78, 5) is 11.3. The summed E-state index contributed by atoms with van der Waals surface area (Å²) in [6.45, 7) is 2.46. The van der Waals surface area contributed by atoms with Gasteiger partial charge in [-0.3, -0.25) is 0 Å². The first-order valence-electron chi connectivity index (χ1n) is 9.51. The van der Waals surface area contributed by atoms with Gasteiger partial charge >= 0.3 is 0 Å². The number of halogens is 2. The highest BCUT2D eigenvalue weighted by Gasteiger charge is 2.23. The Morgan fingerprint density at radius 3 is 2.47 bits per heavy atom. The second kappa shape index (κ2) is 7.55. The molecular weight excluding hydrogens is 407 g/mol. The predicted octanol–water partition coefficient (Wildman–Crippen LogP) is 3.69. The van der Waals surface area contributed by atoms with Gasteiger partial charge in [-0.25, -0.2) is 14.1 Å². The van der Waals surface area contributed by atoms with E-state index in [2.05, 4.69) is 10.1 Å². The maximum Gasteiger partial charge on any atom is 0.228 e. The van der Waals surface area contributed by atoms with Gasteiger partial charge in [0.05, 0.1) is 30.0 Å². The lowest BCUT2D eigenvalue weighted by atomic mass is 10.1. The molecule has 0 bridgehead atoms. The molecule has 1 saturated heterocycles. The molecule has 0 radical (unpaired) electrons. The molecule has 0 atom stereocenters. The number of aromatic nitrogens is 4. The zero-order valence-corrected chi connectivity index (χ0v) is 16.7. The number of anilines is 2. The van der Waals surface area contributed by atoms with Crippen LogP contribution in [0.2, 0.25) is 5.02 Å². The molecule has 4 aromatic rings. The Kier molecular flexibility index (Phi) is 4.72. The van der Waals surface area contributed by atoms with Crippen molar-refractivity contribution in [2.24, 2.45) is 0 Å². The van der Waals surface area contributed by atoms with Crippen molar-refractivity contribution < 1.29 is 9.13 Å². The van der Waals surface area contributed by atoms with E-state index in [-0.39, 0.29) is 5.82 Å². The van der Waals surface area contributed by atoms with Gasteiger partial charge in [-0.05, 0) is 36.4 Å². The van der Waals surface area contributed by atoms with Crippen LogP contribution in [0.4, 0.5) is 16.2 Å². The van der Waals surface area contributed by atoms with Crippen LogP contribution in [-0.4, -0.2) is 46.1 Å². The quantitative estimate of drug-likeness (QED) is 0.540. The lowest BCUT2D eigenvalue weighted by molar-refractivity contribution is 0.122. The van der Waals surface area contributed by atoms with Crippen molar-refractivity contribution in [3.63, 3.8) is 0 Å². The Morgan fingerprint density at radius 1 is 1.00 bits per heavy atom. The molecule has 9 heteroatoms. The van der Waals surface area contributed by atoms with Gasteiger partial charge in [-0.1, -0.05) is 23.7 Å². The molecule has 30 heavy (non-hydrogen) atoms. The molecular formula is C21H18ClFN6O. The monoisotopic (exact) mass is 424 g/mol. The van der Waals surface area contributed by atoms with Gasteiger partial charge < -0.3 is 15.4 Å². The fourth-order valence-corrected chi connectivity index (χ4v) is 3.66. The zero-order chi connectivity index (χ0) is 20.7. The van der Waals surface area contributed by atoms with Crippen LogP contribution in [0.3, 0.4) is 0 Å². The van der Waals surface area contributed by atoms with Crippen molar-refractivity contribution in [1.29, 1.82) is 0 Å². The van der Waals surface area contributed by atoms with Crippen LogP contribution in [0.5, 0.6) is 0 Å². The molecule has 7 nitrogen and oxygen atoms in total. The van der Waals surface area contributed by atoms with Gasteiger partial charge in [-0.15, -0.1) is 5.10 Å². The van der Waals surface area contributed by atoms with E-state index < -0.39 is 0 Å². The largest absolute Gasteiger partial charge is 0.383 e. The number of rotatable bonds is 3. The Hall–Kier alpha value is -3.23. The molecule has 2 aromatic carbocycles. The third-order valence-corrected chi connectivity index (χ3v) is 5.30. The van der Waals surface area contributed by atoms with E-state index in [9.17, 15) is 4.39 Å². The average molecular weight is 425 g/mol. The molecule has 0 aliphatic carbocycles. The van der Waals surface area contributed by atoms with E-state index in [0.29, 0.717) is 65.4 Å². The number of nitrogens with two attached hydrogens (primary N) is 1. The summed E-state index contributed by atoms with van der Waals surface area (Å²) in [5.74, 6) is 0.424. The number of nitrogens with zero attached hydrogens (tertiary/aromatic N) is 5. The lowest BCUT2D eigenvalue weighted by Gasteiger charge is -2.27. The maximum absolute atomic E-state index is 14.7. The minimum atomic E-state index is -0.385. The van der Waals surface area contributed by atoms with Crippen LogP contribution in [0, 0.1) is 5.82 Å². The fourth-order valence-electron chi connectivity index (χ4n) is 3.53. The summed E-state index contributed by atoms with van der Waals surface area (Å²) in [5, 5.41) is 5.71. The number of hydrogen-bond donors (Lipinski definition) is 1. The SMILES string of the molecule is Nc1c2c(-c3ccccc3F)nc(N3CCOCC3)nc2nn1-c1ccc(Cl)cc1. The van der Waals surface area contributed by atoms with Crippen molar-refractivity contribution in [2.45, 2.75) is 0 Å². The first-order valence-corrected chi connectivity index (χ1v) is 9.89. The normalized spacial score (nSPS) is 14.4. The van der Waals surface area contributed by atoms with E-state index in [4.69, 9.17) is 27.1 Å². The van der Waals surface area contributed by atoms with Crippen LogP contribution >= 0.6 is 11.6 Å². The molecule has 0 saturated carbocycles.